The first-order valence-corrected chi connectivity index (χ1v) is 10.9. The first-order chi connectivity index (χ1) is 17.1. The number of carboxylic acid groups (broad SMARTS) is 2. The predicted octanol–water partition coefficient (Wildman–Crippen LogP) is -0.385. The van der Waals surface area contributed by atoms with Gasteiger partial charge in [0.15, 0.2) is 5.52 Å². The van der Waals surface area contributed by atoms with Crippen LogP contribution in [0.2, 0.25) is 0 Å². The lowest BCUT2D eigenvalue weighted by Gasteiger charge is -2.29. The van der Waals surface area contributed by atoms with E-state index in [9.17, 15) is 34.4 Å². The highest BCUT2D eigenvalue weighted by atomic mass is 16.6. The second kappa shape index (κ2) is 12.9. The fourth-order valence-corrected chi connectivity index (χ4v) is 3.46. The Morgan fingerprint density at radius 3 is 2.44 bits per heavy atom. The minimum absolute atomic E-state index is 0.0548. The number of rotatable bonds is 15. The Labute approximate surface area is 203 Å². The number of carboxylic acids is 2. The fraction of sp³-hybridized carbons (Fsp3) is 0.500. The van der Waals surface area contributed by atoms with E-state index in [1.807, 2.05) is 0 Å². The highest BCUT2D eigenvalue weighted by Gasteiger charge is 2.32. The van der Waals surface area contributed by atoms with Crippen LogP contribution < -0.4 is 21.3 Å². The SMILES string of the molecule is CN(c1ccc([N+](=O)[O-])c2nonc12)[C@@H](CC(=O)O)C(=O)N[C@@H](CCCCN)C(=O)NCCC(=O)O. The summed E-state index contributed by atoms with van der Waals surface area (Å²) < 4.78 is 4.62. The van der Waals surface area contributed by atoms with Gasteiger partial charge in [-0.15, -0.1) is 0 Å². The molecule has 1 aromatic heterocycles. The molecule has 16 nitrogen and oxygen atoms in total. The molecule has 16 heteroatoms. The van der Waals surface area contributed by atoms with Crippen LogP contribution in [-0.4, -0.2) is 81.4 Å². The number of nitro benzene ring substituents is 1. The normalized spacial score (nSPS) is 12.5. The van der Waals surface area contributed by atoms with Crippen LogP contribution in [0, 0.1) is 10.1 Å². The van der Waals surface area contributed by atoms with Crippen LogP contribution in [0.25, 0.3) is 11.0 Å². The zero-order chi connectivity index (χ0) is 26.8. The molecule has 0 saturated carbocycles. The summed E-state index contributed by atoms with van der Waals surface area (Å²) in [6, 6.07) is -0.0233. The van der Waals surface area contributed by atoms with Crippen molar-refractivity contribution in [1.82, 2.24) is 20.9 Å². The second-order valence-corrected chi connectivity index (χ2v) is 7.83. The summed E-state index contributed by atoms with van der Waals surface area (Å²) >= 11 is 0. The average Bonchev–Trinajstić information content (AvgIpc) is 3.30. The number of likely N-dealkylation sites (N-methyl/N-ethyl adjacent to an activating group) is 1. The smallest absolute Gasteiger partial charge is 0.305 e. The molecule has 2 rings (SSSR count). The summed E-state index contributed by atoms with van der Waals surface area (Å²) in [7, 11) is 1.39. The maximum Gasteiger partial charge on any atom is 0.305 e. The van der Waals surface area contributed by atoms with Crippen molar-refractivity contribution in [2.75, 3.05) is 25.0 Å². The second-order valence-electron chi connectivity index (χ2n) is 7.83. The van der Waals surface area contributed by atoms with E-state index in [1.54, 1.807) is 0 Å². The van der Waals surface area contributed by atoms with Gasteiger partial charge in [-0.2, -0.15) is 0 Å². The summed E-state index contributed by atoms with van der Waals surface area (Å²) in [5, 5.41) is 41.6. The monoisotopic (exact) mass is 509 g/mol. The first-order valence-electron chi connectivity index (χ1n) is 10.9. The summed E-state index contributed by atoms with van der Waals surface area (Å²) in [5.41, 5.74) is 5.01. The van der Waals surface area contributed by atoms with E-state index in [2.05, 4.69) is 25.6 Å². The molecule has 0 aliphatic heterocycles. The van der Waals surface area contributed by atoms with Crippen LogP contribution in [0.15, 0.2) is 16.8 Å². The third kappa shape index (κ3) is 7.33. The van der Waals surface area contributed by atoms with Crippen LogP contribution in [0.5, 0.6) is 0 Å². The molecule has 196 valence electrons. The minimum Gasteiger partial charge on any atom is -0.481 e. The average molecular weight is 509 g/mol. The Hall–Kier alpha value is -4.34. The predicted molar refractivity (Wildman–Crippen MR) is 123 cm³/mol. The number of aromatic nitrogens is 2. The number of nitrogens with zero attached hydrogens (tertiary/aromatic N) is 4. The van der Waals surface area contributed by atoms with Gasteiger partial charge in [0.05, 0.1) is 23.5 Å². The zero-order valence-electron chi connectivity index (χ0n) is 19.4. The Kier molecular flexibility index (Phi) is 10.0. The van der Waals surface area contributed by atoms with Gasteiger partial charge < -0.3 is 31.5 Å². The molecule has 0 aliphatic carbocycles. The van der Waals surface area contributed by atoms with E-state index in [4.69, 9.17) is 10.8 Å². The van der Waals surface area contributed by atoms with Crippen molar-refractivity contribution in [3.63, 3.8) is 0 Å². The van der Waals surface area contributed by atoms with Crippen molar-refractivity contribution in [3.05, 3.63) is 22.2 Å². The quantitative estimate of drug-likeness (QED) is 0.117. The summed E-state index contributed by atoms with van der Waals surface area (Å²) in [6.45, 7) is 0.198. The number of amides is 2. The van der Waals surface area contributed by atoms with Crippen molar-refractivity contribution < 1.29 is 38.9 Å². The highest BCUT2D eigenvalue weighted by Crippen LogP contribution is 2.32. The van der Waals surface area contributed by atoms with Gasteiger partial charge in [-0.1, -0.05) is 0 Å². The number of benzene rings is 1. The van der Waals surface area contributed by atoms with Gasteiger partial charge in [0.25, 0.3) is 0 Å². The Morgan fingerprint density at radius 1 is 1.14 bits per heavy atom. The van der Waals surface area contributed by atoms with E-state index in [-0.39, 0.29) is 41.8 Å². The van der Waals surface area contributed by atoms with Crippen molar-refractivity contribution in [3.8, 4) is 0 Å². The molecule has 0 saturated heterocycles. The van der Waals surface area contributed by atoms with Crippen LogP contribution in [0.3, 0.4) is 0 Å². The van der Waals surface area contributed by atoms with E-state index in [0.717, 1.165) is 6.07 Å². The van der Waals surface area contributed by atoms with Crippen molar-refractivity contribution >= 4 is 46.2 Å². The number of aliphatic carboxylic acids is 2. The molecule has 0 unspecified atom stereocenters. The molecule has 0 bridgehead atoms. The molecule has 1 heterocycles. The first kappa shape index (κ1) is 27.9. The molecule has 2 aromatic rings. The molecule has 2 atom stereocenters. The molecule has 2 amide bonds. The number of anilines is 1. The third-order valence-electron chi connectivity index (χ3n) is 5.31. The van der Waals surface area contributed by atoms with Crippen LogP contribution >= 0.6 is 0 Å². The van der Waals surface area contributed by atoms with Gasteiger partial charge in [-0.25, -0.2) is 4.63 Å². The minimum atomic E-state index is -1.35. The van der Waals surface area contributed by atoms with Gasteiger partial charge in [-0.3, -0.25) is 29.3 Å². The lowest BCUT2D eigenvalue weighted by molar-refractivity contribution is -0.383. The molecule has 0 spiro atoms. The zero-order valence-corrected chi connectivity index (χ0v) is 19.4. The number of non-ortho nitro benzene ring substituents is 1. The lowest BCUT2D eigenvalue weighted by Crippen LogP contribution is -2.54. The number of hydrogen-bond acceptors (Lipinski definition) is 11. The number of nitrogens with two attached hydrogens (primary N) is 1. The number of hydrogen-bond donors (Lipinski definition) is 5. The Balaban J connectivity index is 2.30. The van der Waals surface area contributed by atoms with Crippen LogP contribution in [0.4, 0.5) is 11.4 Å². The standard InChI is InChI=1S/C20H27N7O9/c1-26(12-5-6-13(27(34)35)18-17(12)24-36-25-18)14(10-16(30)31)20(33)23-11(4-2-3-8-21)19(32)22-9-7-15(28)29/h5-6,11,14H,2-4,7-10,21H2,1H3,(H,22,32)(H,23,33)(H,28,29)(H,30,31)/t11-,14-/m0/s1. The van der Waals surface area contributed by atoms with Crippen LogP contribution in [-0.2, 0) is 19.2 Å². The number of nitro groups is 1. The van der Waals surface area contributed by atoms with Gasteiger partial charge in [0.2, 0.25) is 17.3 Å². The summed E-state index contributed by atoms with van der Waals surface area (Å²) in [5.74, 6) is -3.87. The van der Waals surface area contributed by atoms with Gasteiger partial charge in [0.1, 0.15) is 12.1 Å². The maximum absolute atomic E-state index is 13.2. The highest BCUT2D eigenvalue weighted by molar-refractivity contribution is 5.98. The molecular formula is C20H27N7O9. The molecule has 1 aromatic carbocycles. The summed E-state index contributed by atoms with van der Waals surface area (Å²) in [4.78, 5) is 59.9. The molecule has 36 heavy (non-hydrogen) atoms. The van der Waals surface area contributed by atoms with E-state index in [1.165, 1.54) is 18.0 Å². The molecule has 0 fully saturated rings. The Bertz CT molecular complexity index is 1120. The van der Waals surface area contributed by atoms with Gasteiger partial charge >= 0.3 is 17.6 Å². The molecule has 0 aliphatic rings. The van der Waals surface area contributed by atoms with E-state index in [0.29, 0.717) is 19.4 Å². The van der Waals surface area contributed by atoms with E-state index >= 15 is 0 Å². The topological polar surface area (TPSA) is 244 Å². The van der Waals surface area contributed by atoms with E-state index < -0.39 is 47.2 Å². The molecular weight excluding hydrogens is 482 g/mol. The maximum atomic E-state index is 13.2. The van der Waals surface area contributed by atoms with Crippen LogP contribution in [0.1, 0.15) is 32.1 Å². The number of fused-ring (bicyclic) bond motifs is 1. The van der Waals surface area contributed by atoms with Crippen molar-refractivity contribution in [2.24, 2.45) is 5.73 Å². The number of unbranched alkanes of at least 4 members (excludes halogenated alkanes) is 1. The Morgan fingerprint density at radius 2 is 1.83 bits per heavy atom. The van der Waals surface area contributed by atoms with Gasteiger partial charge in [0, 0.05) is 19.7 Å². The van der Waals surface area contributed by atoms with Crippen molar-refractivity contribution in [1.29, 1.82) is 0 Å². The molecule has 6 N–H and O–H groups in total. The third-order valence-corrected chi connectivity index (χ3v) is 5.31. The fourth-order valence-electron chi connectivity index (χ4n) is 3.46. The van der Waals surface area contributed by atoms with Crippen molar-refractivity contribution in [2.45, 2.75) is 44.2 Å². The number of carbonyl (C=O) groups is 4. The molecule has 0 radical (unpaired) electrons. The number of carbonyl (C=O) groups excluding carboxylic acids is 2. The lowest BCUT2D eigenvalue weighted by atomic mass is 10.1. The largest absolute Gasteiger partial charge is 0.481 e. The van der Waals surface area contributed by atoms with Gasteiger partial charge in [-0.05, 0) is 42.2 Å². The summed E-state index contributed by atoms with van der Waals surface area (Å²) in [6.07, 6.45) is 0.220. The number of nitrogens with one attached hydrogen (secondary N) is 2.